The predicted octanol–water partition coefficient (Wildman–Crippen LogP) is 3.73. The standard InChI is InChI=1S/C6H9BN2O.C6H12BNO.C5H10N2.C4H11NO.I2/c1-2-5(3-4-8)9-6(7)10;1-3-5(4-2)8-6(7)9;1-2-5(7)3-4-6;1-2-4(5)3-6;1-2/h5H,2-3H2,1H3,(H,9,10);5H,3-4H2,1-2H3,(H,8,9);5H,2-3,7H2,1H3;4,6H,2-3,5H2,1H3;/t5-;;5-;4-;/m1.11./s1. The molecule has 0 aliphatic carbocycles. The summed E-state index contributed by atoms with van der Waals surface area (Å²) in [6, 6.07) is 4.18. The molecule has 0 saturated carbocycles. The van der Waals surface area contributed by atoms with Crippen LogP contribution < -0.4 is 22.1 Å². The third-order valence-electron chi connectivity index (χ3n) is 4.15. The molecule has 0 saturated heterocycles. The van der Waals surface area contributed by atoms with E-state index < -0.39 is 11.6 Å². The van der Waals surface area contributed by atoms with E-state index in [-0.39, 0.29) is 30.8 Å². The molecule has 0 aromatic heterocycles. The minimum absolute atomic E-state index is 0.00926. The van der Waals surface area contributed by atoms with Gasteiger partial charge in [0.25, 0.3) is 0 Å². The summed E-state index contributed by atoms with van der Waals surface area (Å²) >= 11 is 4.24. The van der Waals surface area contributed by atoms with Crippen molar-refractivity contribution in [3.05, 3.63) is 0 Å². The van der Waals surface area contributed by atoms with E-state index in [1.54, 1.807) is 0 Å². The fourth-order valence-electron chi connectivity index (χ4n) is 1.69. The number of halogens is 2. The molecule has 13 heteroatoms. The lowest BCUT2D eigenvalue weighted by Gasteiger charge is -2.12. The maximum atomic E-state index is 10.2. The number of nitrogens with one attached hydrogen (secondary N) is 2. The van der Waals surface area contributed by atoms with Crippen LogP contribution in [0, 0.1) is 22.7 Å². The van der Waals surface area contributed by atoms with E-state index in [1.807, 2.05) is 46.8 Å². The summed E-state index contributed by atoms with van der Waals surface area (Å²) in [5.74, 6) is -0.995. The van der Waals surface area contributed by atoms with Crippen LogP contribution in [0.1, 0.15) is 79.6 Å². The molecule has 0 unspecified atom stereocenters. The summed E-state index contributed by atoms with van der Waals surface area (Å²) in [4.78, 5) is 20.5. The second-order valence-electron chi connectivity index (χ2n) is 6.88. The van der Waals surface area contributed by atoms with Gasteiger partial charge in [-0.05, 0) is 32.1 Å². The van der Waals surface area contributed by atoms with Crippen LogP contribution in [0.5, 0.6) is 0 Å². The number of hydrogen-bond donors (Lipinski definition) is 5. The lowest BCUT2D eigenvalue weighted by molar-refractivity contribution is 0.255. The van der Waals surface area contributed by atoms with Gasteiger partial charge in [-0.2, -0.15) is 10.5 Å². The Morgan fingerprint density at radius 3 is 1.29 bits per heavy atom. The lowest BCUT2D eigenvalue weighted by Crippen LogP contribution is -2.32. The third-order valence-corrected chi connectivity index (χ3v) is 4.15. The zero-order chi connectivity index (χ0) is 27.9. The van der Waals surface area contributed by atoms with Gasteiger partial charge in [-0.1, -0.05) is 34.6 Å². The first kappa shape index (κ1) is 43.5. The lowest BCUT2D eigenvalue weighted by atomic mass is 10.1. The van der Waals surface area contributed by atoms with Crippen LogP contribution in [-0.4, -0.2) is 63.2 Å². The van der Waals surface area contributed by atoms with E-state index in [4.69, 9.17) is 42.8 Å². The van der Waals surface area contributed by atoms with E-state index >= 15 is 0 Å². The summed E-state index contributed by atoms with van der Waals surface area (Å²) in [6.45, 7) is 9.95. The Hall–Kier alpha value is -0.610. The molecular weight excluding hydrogens is 660 g/mol. The number of aliphatic hydroxyl groups excluding tert-OH is 1. The Kier molecular flexibility index (Phi) is 47.2. The van der Waals surface area contributed by atoms with Crippen LogP contribution in [0.15, 0.2) is 0 Å². The monoisotopic (exact) mass is 702 g/mol. The largest absolute Gasteiger partial charge is 0.395 e. The zero-order valence-electron chi connectivity index (χ0n) is 21.2. The summed E-state index contributed by atoms with van der Waals surface area (Å²) < 4.78 is 0. The molecular formula is C21H42B2I2N6O3. The second kappa shape index (κ2) is 36.9. The van der Waals surface area contributed by atoms with Crippen LogP contribution >= 0.6 is 37.2 Å². The SMILES string of the molecule is CC[C@@H](N)CC#N.CC[C@@H](N)CO.II.[B]C(=O)NC(CC)CC.[B]C(=O)N[C@H](CC)CC#N. The smallest absolute Gasteiger partial charge is 0.200 e. The maximum Gasteiger partial charge on any atom is 0.200 e. The van der Waals surface area contributed by atoms with E-state index in [0.717, 1.165) is 32.1 Å². The van der Waals surface area contributed by atoms with Crippen molar-refractivity contribution in [2.24, 2.45) is 11.5 Å². The second-order valence-corrected chi connectivity index (χ2v) is 6.88. The molecule has 0 fully saturated rings. The van der Waals surface area contributed by atoms with Gasteiger partial charge in [-0.15, -0.1) is 0 Å². The molecule has 0 bridgehead atoms. The number of hydrogen-bond acceptors (Lipinski definition) is 7. The van der Waals surface area contributed by atoms with Crippen molar-refractivity contribution in [1.29, 1.82) is 10.5 Å². The molecule has 7 N–H and O–H groups in total. The van der Waals surface area contributed by atoms with E-state index in [9.17, 15) is 9.59 Å². The summed E-state index contributed by atoms with van der Waals surface area (Å²) in [5, 5.41) is 29.6. The number of rotatable bonds is 10. The topological polar surface area (TPSA) is 178 Å². The van der Waals surface area contributed by atoms with Gasteiger partial charge in [0.2, 0.25) is 15.7 Å². The van der Waals surface area contributed by atoms with Crippen molar-refractivity contribution in [3.8, 4) is 12.1 Å². The molecule has 0 spiro atoms. The van der Waals surface area contributed by atoms with Gasteiger partial charge in [0.1, 0.15) is 0 Å². The van der Waals surface area contributed by atoms with Crippen molar-refractivity contribution in [2.75, 3.05) is 6.61 Å². The van der Waals surface area contributed by atoms with Crippen molar-refractivity contribution < 1.29 is 14.7 Å². The van der Waals surface area contributed by atoms with Gasteiger partial charge in [0.15, 0.2) is 11.6 Å². The molecule has 9 nitrogen and oxygen atoms in total. The molecule has 194 valence electrons. The molecule has 3 atom stereocenters. The van der Waals surface area contributed by atoms with Crippen LogP contribution in [-0.2, 0) is 0 Å². The van der Waals surface area contributed by atoms with Gasteiger partial charge in [-0.3, -0.25) is 9.59 Å². The number of amides is 2. The molecule has 0 aromatic rings. The van der Waals surface area contributed by atoms with Crippen LogP contribution in [0.2, 0.25) is 0 Å². The first-order valence-electron chi connectivity index (χ1n) is 11.1. The van der Waals surface area contributed by atoms with E-state index in [1.165, 1.54) is 0 Å². The molecule has 0 rings (SSSR count). The van der Waals surface area contributed by atoms with Crippen molar-refractivity contribution in [2.45, 2.75) is 104 Å². The molecule has 0 heterocycles. The van der Waals surface area contributed by atoms with Crippen LogP contribution in [0.4, 0.5) is 9.59 Å². The Balaban J connectivity index is -0.000000109. The molecule has 0 aliphatic rings. The zero-order valence-corrected chi connectivity index (χ0v) is 25.5. The maximum absolute atomic E-state index is 10.2. The minimum atomic E-state index is -0.567. The highest BCUT2D eigenvalue weighted by Gasteiger charge is 2.04. The highest BCUT2D eigenvalue weighted by molar-refractivity contribution is 15.0. The van der Waals surface area contributed by atoms with Gasteiger partial charge >= 0.3 is 0 Å². The normalized spacial score (nSPS) is 11.3. The predicted molar refractivity (Wildman–Crippen MR) is 159 cm³/mol. The van der Waals surface area contributed by atoms with Crippen LogP contribution in [0.25, 0.3) is 0 Å². The minimum Gasteiger partial charge on any atom is -0.395 e. The summed E-state index contributed by atoms with van der Waals surface area (Å²) in [6.07, 6.45) is 5.18. The molecule has 2 amide bonds. The number of nitriles is 2. The molecule has 34 heavy (non-hydrogen) atoms. The Morgan fingerprint density at radius 1 is 0.794 bits per heavy atom. The van der Waals surface area contributed by atoms with Gasteiger partial charge < -0.3 is 27.2 Å². The quantitative estimate of drug-likeness (QED) is 0.170. The molecule has 0 aliphatic heterocycles. The summed E-state index contributed by atoms with van der Waals surface area (Å²) in [5.41, 5.74) is 10.6. The fourth-order valence-corrected chi connectivity index (χ4v) is 1.69. The van der Waals surface area contributed by atoms with Gasteiger partial charge in [0.05, 0.1) is 31.6 Å². The first-order chi connectivity index (χ1) is 16.0. The number of nitrogens with zero attached hydrogens (tertiary/aromatic N) is 2. The van der Waals surface area contributed by atoms with Crippen molar-refractivity contribution in [1.82, 2.24) is 10.6 Å². The third kappa shape index (κ3) is 45.0. The highest BCUT2D eigenvalue weighted by atomic mass is 128. The van der Waals surface area contributed by atoms with E-state index in [2.05, 4.69) is 47.9 Å². The Bertz CT molecular complexity index is 530. The number of nitrogens with two attached hydrogens (primary N) is 2. The van der Waals surface area contributed by atoms with Gasteiger partial charge in [0, 0.05) is 61.4 Å². The van der Waals surface area contributed by atoms with Crippen LogP contribution in [0.3, 0.4) is 0 Å². The van der Waals surface area contributed by atoms with E-state index in [0.29, 0.717) is 12.8 Å². The average molecular weight is 702 g/mol. The molecule has 0 aromatic carbocycles. The number of carbonyl (C=O) groups excluding carboxylic acids is 2. The first-order valence-corrected chi connectivity index (χ1v) is 17.4. The number of aliphatic hydroxyl groups is 1. The summed E-state index contributed by atoms with van der Waals surface area (Å²) in [7, 11) is 9.73. The average Bonchev–Trinajstić information content (AvgIpc) is 2.83. The van der Waals surface area contributed by atoms with Gasteiger partial charge in [-0.25, -0.2) is 0 Å². The number of carbonyl (C=O) groups is 2. The highest BCUT2D eigenvalue weighted by Crippen LogP contribution is 1.95. The molecule has 4 radical (unpaired) electrons. The Morgan fingerprint density at radius 2 is 1.15 bits per heavy atom. The van der Waals surface area contributed by atoms with Crippen molar-refractivity contribution >= 4 is 64.5 Å². The fraction of sp³-hybridized carbons (Fsp3) is 0.810. The van der Waals surface area contributed by atoms with Crippen molar-refractivity contribution in [3.63, 3.8) is 0 Å². The Labute approximate surface area is 233 Å².